The summed E-state index contributed by atoms with van der Waals surface area (Å²) in [6, 6.07) is 20.6. The summed E-state index contributed by atoms with van der Waals surface area (Å²) in [5.74, 6) is -0.223. The number of pyridine rings is 1. The van der Waals surface area contributed by atoms with E-state index in [1.807, 2.05) is 55.5 Å². The Labute approximate surface area is 151 Å². The third-order valence-electron chi connectivity index (χ3n) is 3.79. The molecule has 3 rings (SSSR count). The van der Waals surface area contributed by atoms with E-state index in [0.717, 1.165) is 16.9 Å². The second kappa shape index (κ2) is 7.81. The molecule has 0 spiro atoms. The smallest absolute Gasteiger partial charge is 0.270 e. The van der Waals surface area contributed by atoms with E-state index in [-0.39, 0.29) is 11.9 Å². The van der Waals surface area contributed by atoms with E-state index in [4.69, 9.17) is 11.6 Å². The van der Waals surface area contributed by atoms with Crippen LogP contribution in [-0.4, -0.2) is 10.9 Å². The van der Waals surface area contributed by atoms with Crippen LogP contribution in [0.25, 0.3) is 0 Å². The average molecular weight is 352 g/mol. The van der Waals surface area contributed by atoms with E-state index in [2.05, 4.69) is 15.6 Å². The summed E-state index contributed by atoms with van der Waals surface area (Å²) < 4.78 is 0. The van der Waals surface area contributed by atoms with Gasteiger partial charge >= 0.3 is 0 Å². The Hall–Kier alpha value is -2.85. The van der Waals surface area contributed by atoms with Gasteiger partial charge in [0.1, 0.15) is 5.69 Å². The third-order valence-corrected chi connectivity index (χ3v) is 4.12. The first-order valence-electron chi connectivity index (χ1n) is 7.97. The highest BCUT2D eigenvalue weighted by molar-refractivity contribution is 6.33. The zero-order chi connectivity index (χ0) is 17.6. The highest BCUT2D eigenvalue weighted by atomic mass is 35.5. The molecule has 0 saturated carbocycles. The van der Waals surface area contributed by atoms with Gasteiger partial charge in [-0.3, -0.25) is 9.78 Å². The summed E-state index contributed by atoms with van der Waals surface area (Å²) in [5.41, 5.74) is 2.92. The summed E-state index contributed by atoms with van der Waals surface area (Å²) in [6.45, 7) is 1.94. The first-order valence-corrected chi connectivity index (χ1v) is 8.34. The van der Waals surface area contributed by atoms with Gasteiger partial charge in [0, 0.05) is 11.9 Å². The molecule has 0 aliphatic carbocycles. The van der Waals surface area contributed by atoms with Gasteiger partial charge in [0.15, 0.2) is 0 Å². The number of hydrogen-bond acceptors (Lipinski definition) is 3. The molecule has 1 amide bonds. The lowest BCUT2D eigenvalue weighted by Crippen LogP contribution is -2.27. The molecule has 0 bridgehead atoms. The van der Waals surface area contributed by atoms with Crippen LogP contribution in [0.2, 0.25) is 5.02 Å². The predicted octanol–water partition coefficient (Wildman–Crippen LogP) is 4.97. The SMILES string of the molecule is CC(NC(=O)c1cc(Nc2ccccc2Cl)ccn1)c1ccccc1. The quantitative estimate of drug-likeness (QED) is 0.682. The number of rotatable bonds is 5. The fourth-order valence-corrected chi connectivity index (χ4v) is 2.63. The molecule has 4 nitrogen and oxygen atoms in total. The van der Waals surface area contributed by atoms with Gasteiger partial charge in [-0.2, -0.15) is 0 Å². The van der Waals surface area contributed by atoms with Crippen molar-refractivity contribution in [1.29, 1.82) is 0 Å². The number of benzene rings is 2. The number of para-hydroxylation sites is 1. The number of carbonyl (C=O) groups is 1. The molecule has 1 atom stereocenters. The van der Waals surface area contributed by atoms with Crippen LogP contribution in [-0.2, 0) is 0 Å². The van der Waals surface area contributed by atoms with E-state index in [0.29, 0.717) is 10.7 Å². The Morgan fingerprint density at radius 3 is 2.52 bits per heavy atom. The van der Waals surface area contributed by atoms with Crippen molar-refractivity contribution in [3.63, 3.8) is 0 Å². The Morgan fingerprint density at radius 2 is 1.76 bits per heavy atom. The number of amides is 1. The van der Waals surface area contributed by atoms with Gasteiger partial charge in [-0.25, -0.2) is 0 Å². The molecule has 1 heterocycles. The number of nitrogens with zero attached hydrogens (tertiary/aromatic N) is 1. The van der Waals surface area contributed by atoms with Crippen molar-refractivity contribution in [1.82, 2.24) is 10.3 Å². The first-order chi connectivity index (χ1) is 12.1. The molecule has 0 aliphatic rings. The van der Waals surface area contributed by atoms with Gasteiger partial charge in [0.2, 0.25) is 0 Å². The molecular weight excluding hydrogens is 334 g/mol. The fourth-order valence-electron chi connectivity index (χ4n) is 2.45. The van der Waals surface area contributed by atoms with Gasteiger partial charge in [-0.15, -0.1) is 0 Å². The number of hydrogen-bond donors (Lipinski definition) is 2. The highest BCUT2D eigenvalue weighted by Gasteiger charge is 2.13. The summed E-state index contributed by atoms with van der Waals surface area (Å²) in [4.78, 5) is 16.6. The van der Waals surface area contributed by atoms with Gasteiger partial charge in [0.05, 0.1) is 16.8 Å². The van der Waals surface area contributed by atoms with E-state index in [1.165, 1.54) is 0 Å². The summed E-state index contributed by atoms with van der Waals surface area (Å²) in [7, 11) is 0. The van der Waals surface area contributed by atoms with Crippen molar-refractivity contribution in [3.8, 4) is 0 Å². The second-order valence-electron chi connectivity index (χ2n) is 5.64. The molecule has 0 saturated heterocycles. The maximum Gasteiger partial charge on any atom is 0.270 e. The molecule has 126 valence electrons. The number of halogens is 1. The van der Waals surface area contributed by atoms with Crippen LogP contribution in [0.1, 0.15) is 29.0 Å². The van der Waals surface area contributed by atoms with Crippen molar-refractivity contribution in [2.24, 2.45) is 0 Å². The molecule has 0 fully saturated rings. The summed E-state index contributed by atoms with van der Waals surface area (Å²) in [5, 5.41) is 6.77. The van der Waals surface area contributed by atoms with Gasteiger partial charge < -0.3 is 10.6 Å². The minimum absolute atomic E-state index is 0.101. The van der Waals surface area contributed by atoms with Crippen molar-refractivity contribution in [2.45, 2.75) is 13.0 Å². The lowest BCUT2D eigenvalue weighted by Gasteiger charge is -2.14. The lowest BCUT2D eigenvalue weighted by atomic mass is 10.1. The predicted molar refractivity (Wildman–Crippen MR) is 101 cm³/mol. The molecule has 1 unspecified atom stereocenters. The van der Waals surface area contributed by atoms with Crippen LogP contribution in [0.4, 0.5) is 11.4 Å². The maximum absolute atomic E-state index is 12.5. The third kappa shape index (κ3) is 4.37. The normalized spacial score (nSPS) is 11.6. The average Bonchev–Trinajstić information content (AvgIpc) is 2.64. The molecule has 25 heavy (non-hydrogen) atoms. The summed E-state index contributed by atoms with van der Waals surface area (Å²) >= 11 is 6.16. The van der Waals surface area contributed by atoms with Crippen LogP contribution >= 0.6 is 11.6 Å². The maximum atomic E-state index is 12.5. The van der Waals surface area contributed by atoms with Crippen molar-refractivity contribution in [2.75, 3.05) is 5.32 Å². The van der Waals surface area contributed by atoms with Gasteiger partial charge in [0.25, 0.3) is 5.91 Å². The van der Waals surface area contributed by atoms with Crippen molar-refractivity contribution < 1.29 is 4.79 Å². The minimum Gasteiger partial charge on any atom is -0.354 e. The highest BCUT2D eigenvalue weighted by Crippen LogP contribution is 2.25. The van der Waals surface area contributed by atoms with E-state index >= 15 is 0 Å². The zero-order valence-corrected chi connectivity index (χ0v) is 14.5. The topological polar surface area (TPSA) is 54.0 Å². The Morgan fingerprint density at radius 1 is 1.04 bits per heavy atom. The van der Waals surface area contributed by atoms with Crippen LogP contribution in [0, 0.1) is 0 Å². The Kier molecular flexibility index (Phi) is 5.31. The van der Waals surface area contributed by atoms with Crippen molar-refractivity contribution >= 4 is 28.9 Å². The first kappa shape index (κ1) is 17.0. The molecule has 1 aromatic heterocycles. The van der Waals surface area contributed by atoms with E-state index in [1.54, 1.807) is 24.4 Å². The Balaban J connectivity index is 1.72. The van der Waals surface area contributed by atoms with Crippen LogP contribution in [0.3, 0.4) is 0 Å². The summed E-state index contributed by atoms with van der Waals surface area (Å²) in [6.07, 6.45) is 1.60. The van der Waals surface area contributed by atoms with Crippen LogP contribution in [0.15, 0.2) is 72.9 Å². The number of aromatic nitrogens is 1. The Bertz CT molecular complexity index is 868. The minimum atomic E-state index is -0.223. The monoisotopic (exact) mass is 351 g/mol. The number of carbonyl (C=O) groups excluding carboxylic acids is 1. The molecule has 0 aliphatic heterocycles. The van der Waals surface area contributed by atoms with Crippen molar-refractivity contribution in [3.05, 3.63) is 89.2 Å². The molecule has 0 radical (unpaired) electrons. The second-order valence-corrected chi connectivity index (χ2v) is 6.05. The molecule has 2 aromatic carbocycles. The van der Waals surface area contributed by atoms with E-state index < -0.39 is 0 Å². The molecule has 3 aromatic rings. The van der Waals surface area contributed by atoms with E-state index in [9.17, 15) is 4.79 Å². The zero-order valence-electron chi connectivity index (χ0n) is 13.7. The van der Waals surface area contributed by atoms with Gasteiger partial charge in [-0.1, -0.05) is 54.1 Å². The standard InChI is InChI=1S/C20H18ClN3O/c1-14(15-7-3-2-4-8-15)23-20(25)19-13-16(11-12-22-19)24-18-10-6-5-9-17(18)21/h2-14H,1H3,(H,22,24)(H,23,25). The number of nitrogens with one attached hydrogen (secondary N) is 2. The van der Waals surface area contributed by atoms with Crippen LogP contribution in [0.5, 0.6) is 0 Å². The van der Waals surface area contributed by atoms with Crippen LogP contribution < -0.4 is 10.6 Å². The fraction of sp³-hybridized carbons (Fsp3) is 0.100. The van der Waals surface area contributed by atoms with Gasteiger partial charge in [-0.05, 0) is 36.8 Å². The largest absolute Gasteiger partial charge is 0.354 e. The number of anilines is 2. The molecular formula is C20H18ClN3O. The lowest BCUT2D eigenvalue weighted by molar-refractivity contribution is 0.0935. The molecule has 5 heteroatoms. The molecule has 2 N–H and O–H groups in total.